The minimum atomic E-state index is -0.529. The second-order valence-corrected chi connectivity index (χ2v) is 8.64. The maximum Gasteiger partial charge on any atom is 0.308 e. The van der Waals surface area contributed by atoms with E-state index < -0.39 is 12.0 Å². The molecule has 0 saturated heterocycles. The van der Waals surface area contributed by atoms with Gasteiger partial charge in [0.25, 0.3) is 5.91 Å². The Bertz CT molecular complexity index is 895. The van der Waals surface area contributed by atoms with Gasteiger partial charge >= 0.3 is 5.97 Å². The number of amides is 2. The van der Waals surface area contributed by atoms with E-state index in [4.69, 9.17) is 4.74 Å². The Morgan fingerprint density at radius 3 is 2.57 bits per heavy atom. The fourth-order valence-electron chi connectivity index (χ4n) is 3.72. The molecule has 1 aromatic heterocycles. The lowest BCUT2D eigenvalue weighted by atomic mass is 9.89. The molecule has 0 saturated carbocycles. The minimum Gasteiger partial charge on any atom is -0.456 e. The normalized spacial score (nSPS) is 14.9. The molecule has 2 unspecified atom stereocenters. The number of carbonyl (C=O) groups excluding carboxylic acids is 3. The van der Waals surface area contributed by atoms with Gasteiger partial charge in [0, 0.05) is 11.8 Å². The van der Waals surface area contributed by atoms with Crippen LogP contribution in [0.15, 0.2) is 35.7 Å². The van der Waals surface area contributed by atoms with Crippen LogP contribution in [-0.2, 0) is 32.0 Å². The van der Waals surface area contributed by atoms with Crippen molar-refractivity contribution in [3.8, 4) is 0 Å². The zero-order valence-corrected chi connectivity index (χ0v) is 18.2. The number of nitrogens with one attached hydrogen (secondary N) is 2. The van der Waals surface area contributed by atoms with Gasteiger partial charge in [-0.3, -0.25) is 14.4 Å². The van der Waals surface area contributed by atoms with Crippen molar-refractivity contribution in [1.82, 2.24) is 10.6 Å². The molecule has 2 atom stereocenters. The summed E-state index contributed by atoms with van der Waals surface area (Å²) in [6.45, 7) is 2.99. The van der Waals surface area contributed by atoms with E-state index in [1.54, 1.807) is 0 Å². The lowest BCUT2D eigenvalue weighted by Gasteiger charge is -2.20. The highest BCUT2D eigenvalue weighted by molar-refractivity contribution is 7.10. The first-order valence-electron chi connectivity index (χ1n) is 10.3. The van der Waals surface area contributed by atoms with Gasteiger partial charge in [-0.05, 0) is 60.7 Å². The Labute approximate surface area is 181 Å². The number of benzene rings is 1. The molecule has 0 aliphatic heterocycles. The highest BCUT2D eigenvalue weighted by Gasteiger charge is 2.20. The van der Waals surface area contributed by atoms with Crippen LogP contribution in [0.1, 0.15) is 66.8 Å². The topological polar surface area (TPSA) is 84.5 Å². The van der Waals surface area contributed by atoms with Crippen LogP contribution in [0.5, 0.6) is 0 Å². The summed E-state index contributed by atoms with van der Waals surface area (Å²) in [5, 5.41) is 7.52. The summed E-state index contributed by atoms with van der Waals surface area (Å²) in [5.74, 6) is -1.10. The third kappa shape index (κ3) is 6.16. The monoisotopic (exact) mass is 428 g/mol. The number of ether oxygens (including phenoxy) is 1. The quantitative estimate of drug-likeness (QED) is 0.629. The lowest BCUT2D eigenvalue weighted by Crippen LogP contribution is -2.32. The Morgan fingerprint density at radius 1 is 1.10 bits per heavy atom. The van der Waals surface area contributed by atoms with Crippen LogP contribution in [0, 0.1) is 0 Å². The van der Waals surface area contributed by atoms with Gasteiger partial charge in [-0.25, -0.2) is 0 Å². The van der Waals surface area contributed by atoms with E-state index in [1.807, 2.05) is 24.4 Å². The van der Waals surface area contributed by atoms with Crippen LogP contribution in [0.3, 0.4) is 0 Å². The Balaban J connectivity index is 1.48. The van der Waals surface area contributed by atoms with Gasteiger partial charge in [0.2, 0.25) is 5.91 Å². The van der Waals surface area contributed by atoms with E-state index in [0.717, 1.165) is 23.3 Å². The molecule has 2 aromatic rings. The van der Waals surface area contributed by atoms with Crippen LogP contribution in [-0.4, -0.2) is 24.4 Å². The predicted molar refractivity (Wildman–Crippen MR) is 116 cm³/mol. The molecule has 1 aliphatic rings. The number of hydrogen-bond acceptors (Lipinski definition) is 5. The number of hydrogen-bond donors (Lipinski definition) is 2. The van der Waals surface area contributed by atoms with E-state index in [-0.39, 0.29) is 30.9 Å². The van der Waals surface area contributed by atoms with Crippen LogP contribution < -0.4 is 10.6 Å². The summed E-state index contributed by atoms with van der Waals surface area (Å²) >= 11 is 1.45. The molecule has 0 bridgehead atoms. The van der Waals surface area contributed by atoms with Gasteiger partial charge in [0.05, 0.1) is 18.5 Å². The van der Waals surface area contributed by atoms with Crippen molar-refractivity contribution in [2.45, 2.75) is 58.0 Å². The van der Waals surface area contributed by atoms with Crippen LogP contribution in [0.4, 0.5) is 0 Å². The van der Waals surface area contributed by atoms with Gasteiger partial charge in [0.15, 0.2) is 6.61 Å². The first kappa shape index (κ1) is 22.0. The Morgan fingerprint density at radius 2 is 1.87 bits per heavy atom. The van der Waals surface area contributed by atoms with Crippen LogP contribution >= 0.6 is 11.3 Å². The fraction of sp³-hybridized carbons (Fsp3) is 0.435. The predicted octanol–water partition coefficient (Wildman–Crippen LogP) is 3.61. The largest absolute Gasteiger partial charge is 0.456 e. The van der Waals surface area contributed by atoms with Crippen LogP contribution in [0.2, 0.25) is 0 Å². The van der Waals surface area contributed by atoms with Gasteiger partial charge < -0.3 is 15.4 Å². The third-order valence-corrected chi connectivity index (χ3v) is 6.24. The SMILES string of the molecule is CC(=O)NC(CC(=O)OCC(=O)NC(C)c1ccc2c(c1)CCCC2)c1cccs1. The van der Waals surface area contributed by atoms with E-state index in [2.05, 4.69) is 28.8 Å². The van der Waals surface area contributed by atoms with Crippen molar-refractivity contribution >= 4 is 29.1 Å². The van der Waals surface area contributed by atoms with E-state index in [1.165, 1.54) is 42.2 Å². The van der Waals surface area contributed by atoms with E-state index in [9.17, 15) is 14.4 Å². The smallest absolute Gasteiger partial charge is 0.308 e. The first-order valence-corrected chi connectivity index (χ1v) is 11.2. The summed E-state index contributed by atoms with van der Waals surface area (Å²) in [6.07, 6.45) is 4.63. The highest BCUT2D eigenvalue weighted by atomic mass is 32.1. The number of fused-ring (bicyclic) bond motifs is 1. The zero-order valence-electron chi connectivity index (χ0n) is 17.4. The number of aryl methyl sites for hydroxylation is 2. The summed E-state index contributed by atoms with van der Waals surface area (Å²) < 4.78 is 5.14. The Kier molecular flexibility index (Phi) is 7.63. The molecule has 30 heavy (non-hydrogen) atoms. The maximum absolute atomic E-state index is 12.3. The average Bonchev–Trinajstić information content (AvgIpc) is 3.26. The first-order chi connectivity index (χ1) is 14.4. The molecular formula is C23H28N2O4S. The molecule has 2 N–H and O–H groups in total. The molecule has 3 rings (SSSR count). The molecule has 1 heterocycles. The average molecular weight is 429 g/mol. The number of esters is 1. The third-order valence-electron chi connectivity index (χ3n) is 5.25. The maximum atomic E-state index is 12.3. The molecule has 1 aromatic carbocycles. The summed E-state index contributed by atoms with van der Waals surface area (Å²) in [6, 6.07) is 9.47. The zero-order chi connectivity index (χ0) is 21.5. The molecule has 0 radical (unpaired) electrons. The molecule has 1 aliphatic carbocycles. The number of rotatable bonds is 8. The van der Waals surface area contributed by atoms with Crippen molar-refractivity contribution in [3.05, 3.63) is 57.3 Å². The highest BCUT2D eigenvalue weighted by Crippen LogP contribution is 2.25. The molecule has 0 fully saturated rings. The molecule has 160 valence electrons. The molecule has 2 amide bonds. The molecule has 7 heteroatoms. The summed E-state index contributed by atoms with van der Waals surface area (Å²) in [7, 11) is 0. The van der Waals surface area contributed by atoms with Gasteiger partial charge in [0.1, 0.15) is 0 Å². The number of thiophene rings is 1. The lowest BCUT2D eigenvalue weighted by molar-refractivity contribution is -0.149. The van der Waals surface area contributed by atoms with Gasteiger partial charge in [-0.1, -0.05) is 24.3 Å². The minimum absolute atomic E-state index is 0.0201. The summed E-state index contributed by atoms with van der Waals surface area (Å²) in [4.78, 5) is 36.7. The molecule has 0 spiro atoms. The second-order valence-electron chi connectivity index (χ2n) is 7.66. The van der Waals surface area contributed by atoms with Crippen molar-refractivity contribution in [3.63, 3.8) is 0 Å². The standard InChI is InChI=1S/C23H28N2O4S/c1-15(18-10-9-17-6-3-4-7-19(17)12-18)24-22(27)14-29-23(28)13-20(25-16(2)26)21-8-5-11-30-21/h5,8-12,15,20H,3-4,6-7,13-14H2,1-2H3,(H,24,27)(H,25,26). The van der Waals surface area contributed by atoms with Crippen molar-refractivity contribution in [2.75, 3.05) is 6.61 Å². The van der Waals surface area contributed by atoms with Gasteiger partial charge in [-0.2, -0.15) is 0 Å². The van der Waals surface area contributed by atoms with Gasteiger partial charge in [-0.15, -0.1) is 11.3 Å². The molecule has 6 nitrogen and oxygen atoms in total. The van der Waals surface area contributed by atoms with Crippen molar-refractivity contribution in [2.24, 2.45) is 0 Å². The number of carbonyl (C=O) groups is 3. The van der Waals surface area contributed by atoms with Crippen molar-refractivity contribution < 1.29 is 19.1 Å². The van der Waals surface area contributed by atoms with Crippen molar-refractivity contribution in [1.29, 1.82) is 0 Å². The fourth-order valence-corrected chi connectivity index (χ4v) is 4.50. The van der Waals surface area contributed by atoms with E-state index >= 15 is 0 Å². The van der Waals surface area contributed by atoms with E-state index in [0.29, 0.717) is 0 Å². The molecular weight excluding hydrogens is 400 g/mol. The second kappa shape index (κ2) is 10.4. The summed E-state index contributed by atoms with van der Waals surface area (Å²) in [5.41, 5.74) is 3.82. The Hall–Kier alpha value is -2.67. The van der Waals surface area contributed by atoms with Crippen LogP contribution in [0.25, 0.3) is 0 Å².